The van der Waals surface area contributed by atoms with Crippen molar-refractivity contribution in [3.63, 3.8) is 0 Å². The van der Waals surface area contributed by atoms with Gasteiger partial charge in [-0.3, -0.25) is 0 Å². The minimum Gasteiger partial charge on any atom is -0.456 e. The van der Waals surface area contributed by atoms with E-state index in [-0.39, 0.29) is 0 Å². The molecule has 2 heterocycles. The summed E-state index contributed by atoms with van der Waals surface area (Å²) < 4.78 is 8.73. The van der Waals surface area contributed by atoms with Gasteiger partial charge in [-0.25, -0.2) is 0 Å². The SMILES string of the molecule is c1ccc(-c2ccc(-c3ccc4ccccc4c3)cc2N(c2ccc(-c3ccccc3-n3c4ccccc4c4ccccc43)cc2)c2ccc(-c3cccc4oc5ccccc5c34)cc2)cc1. The van der Waals surface area contributed by atoms with Gasteiger partial charge < -0.3 is 13.9 Å². The highest BCUT2D eigenvalue weighted by molar-refractivity contribution is 6.13. The van der Waals surface area contributed by atoms with Crippen LogP contribution in [0.4, 0.5) is 17.1 Å². The number of para-hydroxylation sites is 4. The maximum absolute atomic E-state index is 6.32. The fraction of sp³-hybridized carbons (Fsp3) is 0. The number of furan rings is 1. The Bertz CT molecular complexity index is 3920. The zero-order valence-corrected chi connectivity index (χ0v) is 36.6. The van der Waals surface area contributed by atoms with Crippen molar-refractivity contribution in [3.8, 4) is 50.2 Å². The lowest BCUT2D eigenvalue weighted by atomic mass is 9.95. The van der Waals surface area contributed by atoms with E-state index in [4.69, 9.17) is 4.42 Å². The summed E-state index contributed by atoms with van der Waals surface area (Å²) in [6, 6.07) is 92.1. The summed E-state index contributed by atoms with van der Waals surface area (Å²) in [5.41, 5.74) is 17.7. The number of fused-ring (bicyclic) bond motifs is 7. The van der Waals surface area contributed by atoms with Crippen LogP contribution in [0.3, 0.4) is 0 Å². The van der Waals surface area contributed by atoms with Gasteiger partial charge in [-0.05, 0) is 111 Å². The number of rotatable bonds is 8. The number of hydrogen-bond donors (Lipinski definition) is 0. The van der Waals surface area contributed by atoms with E-state index >= 15 is 0 Å². The molecule has 0 saturated carbocycles. The highest BCUT2D eigenvalue weighted by Gasteiger charge is 2.21. The Morgan fingerprint density at radius 1 is 0.313 bits per heavy atom. The highest BCUT2D eigenvalue weighted by Crippen LogP contribution is 2.45. The largest absolute Gasteiger partial charge is 0.456 e. The van der Waals surface area contributed by atoms with E-state index < -0.39 is 0 Å². The first kappa shape index (κ1) is 38.5. The summed E-state index contributed by atoms with van der Waals surface area (Å²) >= 11 is 0. The summed E-state index contributed by atoms with van der Waals surface area (Å²) in [4.78, 5) is 2.42. The zero-order chi connectivity index (χ0) is 44.3. The maximum Gasteiger partial charge on any atom is 0.136 e. The molecule has 0 spiro atoms. The Morgan fingerprint density at radius 2 is 0.836 bits per heavy atom. The molecule has 314 valence electrons. The van der Waals surface area contributed by atoms with Crippen LogP contribution in [-0.4, -0.2) is 4.57 Å². The topological polar surface area (TPSA) is 21.3 Å². The fourth-order valence-electron chi connectivity index (χ4n) is 10.2. The third-order valence-corrected chi connectivity index (χ3v) is 13.4. The maximum atomic E-state index is 6.32. The number of nitrogens with zero attached hydrogens (tertiary/aromatic N) is 2. The molecule has 0 aliphatic rings. The monoisotopic (exact) mass is 854 g/mol. The van der Waals surface area contributed by atoms with Crippen LogP contribution in [0.2, 0.25) is 0 Å². The number of anilines is 3. The molecular formula is C64H42N2O. The molecule has 67 heavy (non-hydrogen) atoms. The van der Waals surface area contributed by atoms with Crippen molar-refractivity contribution < 1.29 is 4.42 Å². The summed E-state index contributed by atoms with van der Waals surface area (Å²) in [5.74, 6) is 0. The van der Waals surface area contributed by atoms with Crippen LogP contribution >= 0.6 is 0 Å². The van der Waals surface area contributed by atoms with Gasteiger partial charge in [0.05, 0.1) is 22.4 Å². The summed E-state index contributed by atoms with van der Waals surface area (Å²) in [6.07, 6.45) is 0. The molecule has 11 aromatic carbocycles. The van der Waals surface area contributed by atoms with Gasteiger partial charge in [-0.2, -0.15) is 0 Å². The van der Waals surface area contributed by atoms with Crippen LogP contribution in [0.15, 0.2) is 259 Å². The molecule has 0 radical (unpaired) electrons. The van der Waals surface area contributed by atoms with Gasteiger partial charge in [-0.1, -0.05) is 188 Å². The molecule has 0 bridgehead atoms. The van der Waals surface area contributed by atoms with Crippen LogP contribution in [0.5, 0.6) is 0 Å². The molecule has 0 saturated heterocycles. The van der Waals surface area contributed by atoms with Gasteiger partial charge in [0, 0.05) is 44.0 Å². The number of aromatic nitrogens is 1. The normalized spacial score (nSPS) is 11.6. The Kier molecular flexibility index (Phi) is 9.17. The van der Waals surface area contributed by atoms with E-state index in [1.165, 1.54) is 43.7 Å². The minimum absolute atomic E-state index is 0.891. The van der Waals surface area contributed by atoms with Crippen LogP contribution < -0.4 is 4.90 Å². The molecule has 0 aliphatic carbocycles. The predicted molar refractivity (Wildman–Crippen MR) is 282 cm³/mol. The van der Waals surface area contributed by atoms with Gasteiger partial charge in [0.1, 0.15) is 11.2 Å². The van der Waals surface area contributed by atoms with Crippen LogP contribution in [0.1, 0.15) is 0 Å². The summed E-state index contributed by atoms with van der Waals surface area (Å²) in [6.45, 7) is 0. The first-order chi connectivity index (χ1) is 33.2. The van der Waals surface area contributed by atoms with Crippen LogP contribution in [0.25, 0.3) is 105 Å². The van der Waals surface area contributed by atoms with E-state index in [0.717, 1.165) is 78.1 Å². The first-order valence-corrected chi connectivity index (χ1v) is 22.9. The van der Waals surface area contributed by atoms with Gasteiger partial charge >= 0.3 is 0 Å². The third kappa shape index (κ3) is 6.59. The molecule has 2 aromatic heterocycles. The second kappa shape index (κ2) is 16.0. The first-order valence-electron chi connectivity index (χ1n) is 22.9. The molecule has 3 heteroatoms. The lowest BCUT2D eigenvalue weighted by molar-refractivity contribution is 0.669. The van der Waals surface area contributed by atoms with Gasteiger partial charge in [-0.15, -0.1) is 0 Å². The molecular weight excluding hydrogens is 813 g/mol. The molecule has 0 aliphatic heterocycles. The van der Waals surface area contributed by atoms with Crippen molar-refractivity contribution in [1.82, 2.24) is 4.57 Å². The predicted octanol–water partition coefficient (Wildman–Crippen LogP) is 18.0. The van der Waals surface area contributed by atoms with E-state index in [1.54, 1.807) is 0 Å². The standard InChI is InChI=1S/C64H42N2O/c1-2-16-44(17-3-1)53-40-35-49(48-30-29-43-15-4-5-18-47(43)41-48)42-61(53)65(51-38-33-46(34-39-51)54-23-14-28-63-64(54)57-22-9-13-27-62(57)67-63)50-36-31-45(32-37-50)52-19-6-10-24-58(52)66-59-25-11-7-20-55(59)56-21-8-12-26-60(56)66/h1-42H. The summed E-state index contributed by atoms with van der Waals surface area (Å²) in [5, 5.41) is 7.21. The fourth-order valence-corrected chi connectivity index (χ4v) is 10.2. The van der Waals surface area contributed by atoms with E-state index in [2.05, 4.69) is 252 Å². The highest BCUT2D eigenvalue weighted by atomic mass is 16.3. The van der Waals surface area contributed by atoms with Gasteiger partial charge in [0.25, 0.3) is 0 Å². The minimum atomic E-state index is 0.891. The van der Waals surface area contributed by atoms with Crippen LogP contribution in [0, 0.1) is 0 Å². The molecule has 0 N–H and O–H groups in total. The lowest BCUT2D eigenvalue weighted by Crippen LogP contribution is -2.11. The van der Waals surface area contributed by atoms with Crippen molar-refractivity contribution in [2.45, 2.75) is 0 Å². The van der Waals surface area contributed by atoms with E-state index in [1.807, 2.05) is 12.1 Å². The number of hydrogen-bond acceptors (Lipinski definition) is 2. The lowest BCUT2D eigenvalue weighted by Gasteiger charge is -2.29. The van der Waals surface area contributed by atoms with Crippen molar-refractivity contribution in [1.29, 1.82) is 0 Å². The Balaban J connectivity index is 0.987. The molecule has 0 atom stereocenters. The van der Waals surface area contributed by atoms with Gasteiger partial charge in [0.2, 0.25) is 0 Å². The van der Waals surface area contributed by atoms with E-state index in [9.17, 15) is 0 Å². The second-order valence-electron chi connectivity index (χ2n) is 17.3. The molecule has 13 aromatic rings. The van der Waals surface area contributed by atoms with Crippen LogP contribution in [-0.2, 0) is 0 Å². The summed E-state index contributed by atoms with van der Waals surface area (Å²) in [7, 11) is 0. The zero-order valence-electron chi connectivity index (χ0n) is 36.6. The average Bonchev–Trinajstić information content (AvgIpc) is 3.95. The quantitative estimate of drug-likeness (QED) is 0.152. The Labute approximate surface area is 388 Å². The van der Waals surface area contributed by atoms with Crippen molar-refractivity contribution >= 4 is 71.6 Å². The average molecular weight is 855 g/mol. The molecule has 3 nitrogen and oxygen atoms in total. The second-order valence-corrected chi connectivity index (χ2v) is 17.3. The smallest absolute Gasteiger partial charge is 0.136 e. The van der Waals surface area contributed by atoms with Gasteiger partial charge in [0.15, 0.2) is 0 Å². The van der Waals surface area contributed by atoms with E-state index in [0.29, 0.717) is 0 Å². The molecule has 0 amide bonds. The molecule has 0 unspecified atom stereocenters. The molecule has 0 fully saturated rings. The third-order valence-electron chi connectivity index (χ3n) is 13.4. The van der Waals surface area contributed by atoms with Crippen molar-refractivity contribution in [3.05, 3.63) is 255 Å². The Morgan fingerprint density at radius 3 is 1.58 bits per heavy atom. The van der Waals surface area contributed by atoms with Crippen molar-refractivity contribution in [2.75, 3.05) is 4.90 Å². The van der Waals surface area contributed by atoms with Crippen molar-refractivity contribution in [2.24, 2.45) is 0 Å². The Hall–Kier alpha value is -8.92. The number of benzene rings is 11. The molecule has 13 rings (SSSR count).